The molecule has 1 aliphatic carbocycles. The van der Waals surface area contributed by atoms with E-state index in [9.17, 15) is 13.2 Å². The number of halogens is 3. The molecule has 1 aromatic heterocycles. The van der Waals surface area contributed by atoms with E-state index in [-0.39, 0.29) is 0 Å². The van der Waals surface area contributed by atoms with E-state index in [0.717, 1.165) is 30.9 Å². The van der Waals surface area contributed by atoms with Gasteiger partial charge in [-0.05, 0) is 43.4 Å². The number of hydrogen-bond acceptors (Lipinski definition) is 4. The van der Waals surface area contributed by atoms with Gasteiger partial charge in [0, 0.05) is 12.6 Å². The first kappa shape index (κ1) is 12.7. The molecule has 7 heteroatoms. The van der Waals surface area contributed by atoms with Gasteiger partial charge in [-0.1, -0.05) is 0 Å². The van der Waals surface area contributed by atoms with Crippen LogP contribution < -0.4 is 10.6 Å². The molecule has 0 spiro atoms. The molecule has 3 rings (SSSR count). The fourth-order valence-corrected chi connectivity index (χ4v) is 2.58. The molecule has 1 saturated carbocycles. The minimum absolute atomic E-state index is 0.368. The highest BCUT2D eigenvalue weighted by molar-refractivity contribution is 5.33. The number of fused-ring (bicyclic) bond motifs is 1. The summed E-state index contributed by atoms with van der Waals surface area (Å²) in [7, 11) is 0. The normalized spacial score (nSPS) is 29.7. The van der Waals surface area contributed by atoms with Crippen molar-refractivity contribution >= 4 is 5.82 Å². The molecule has 4 nitrogen and oxygen atoms in total. The van der Waals surface area contributed by atoms with Crippen LogP contribution in [0.25, 0.3) is 0 Å². The van der Waals surface area contributed by atoms with Gasteiger partial charge in [-0.25, -0.2) is 0 Å². The standard InChI is InChI=1S/C12H15F3N4/c13-12(14,15)10-1-2-11(19-18-10)17-6-9-4-7-3-8(7)5-16-9/h1-2,7-9,16H,3-6H2,(H,17,19)/t7-,8+,9+/m1/s1. The Bertz CT molecular complexity index is 445. The molecular formula is C12H15F3N4. The number of alkyl halides is 3. The van der Waals surface area contributed by atoms with Crippen molar-refractivity contribution in [1.82, 2.24) is 15.5 Å². The molecule has 2 heterocycles. The summed E-state index contributed by atoms with van der Waals surface area (Å²) >= 11 is 0. The molecular weight excluding hydrogens is 257 g/mol. The van der Waals surface area contributed by atoms with Crippen molar-refractivity contribution in [2.45, 2.75) is 25.1 Å². The van der Waals surface area contributed by atoms with Crippen LogP contribution in [0.4, 0.5) is 19.0 Å². The largest absolute Gasteiger partial charge is 0.435 e. The van der Waals surface area contributed by atoms with Gasteiger partial charge in [-0.2, -0.15) is 13.2 Å². The van der Waals surface area contributed by atoms with E-state index in [1.165, 1.54) is 12.5 Å². The first-order valence-electron chi connectivity index (χ1n) is 6.40. The Labute approximate surface area is 108 Å². The first-order valence-corrected chi connectivity index (χ1v) is 6.40. The number of nitrogens with zero attached hydrogens (tertiary/aromatic N) is 2. The van der Waals surface area contributed by atoms with Crippen LogP contribution >= 0.6 is 0 Å². The molecule has 0 bridgehead atoms. The minimum atomic E-state index is -4.43. The van der Waals surface area contributed by atoms with E-state index in [2.05, 4.69) is 20.8 Å². The molecule has 0 amide bonds. The molecule has 104 valence electrons. The molecule has 0 radical (unpaired) electrons. The van der Waals surface area contributed by atoms with E-state index in [0.29, 0.717) is 18.4 Å². The summed E-state index contributed by atoms with van der Waals surface area (Å²) in [6, 6.07) is 2.63. The molecule has 1 aliphatic heterocycles. The zero-order valence-electron chi connectivity index (χ0n) is 10.2. The van der Waals surface area contributed by atoms with Crippen LogP contribution in [0, 0.1) is 11.8 Å². The van der Waals surface area contributed by atoms with Gasteiger partial charge in [0.05, 0.1) is 0 Å². The SMILES string of the molecule is FC(F)(F)c1ccc(NC[C@@H]2C[C@H]3C[C@H]3CN2)nn1. The van der Waals surface area contributed by atoms with E-state index in [4.69, 9.17) is 0 Å². The Hall–Kier alpha value is -1.37. The molecule has 2 N–H and O–H groups in total. The third-order valence-electron chi connectivity index (χ3n) is 3.81. The number of aromatic nitrogens is 2. The Morgan fingerprint density at radius 1 is 1.21 bits per heavy atom. The second-order valence-corrected chi connectivity index (χ2v) is 5.28. The number of anilines is 1. The van der Waals surface area contributed by atoms with Gasteiger partial charge in [-0.15, -0.1) is 10.2 Å². The van der Waals surface area contributed by atoms with Gasteiger partial charge in [0.2, 0.25) is 0 Å². The molecule has 3 atom stereocenters. The average Bonchev–Trinajstić information content (AvgIpc) is 3.14. The lowest BCUT2D eigenvalue weighted by atomic mass is 10.1. The van der Waals surface area contributed by atoms with Gasteiger partial charge in [0.15, 0.2) is 5.69 Å². The Balaban J connectivity index is 1.52. The second-order valence-electron chi connectivity index (χ2n) is 5.28. The highest BCUT2D eigenvalue weighted by Crippen LogP contribution is 2.43. The predicted octanol–water partition coefficient (Wildman–Crippen LogP) is 1.91. The predicted molar refractivity (Wildman–Crippen MR) is 63.5 cm³/mol. The summed E-state index contributed by atoms with van der Waals surface area (Å²) < 4.78 is 36.9. The van der Waals surface area contributed by atoms with Crippen LogP contribution in [0.3, 0.4) is 0 Å². The Morgan fingerprint density at radius 3 is 2.68 bits per heavy atom. The molecule has 2 fully saturated rings. The quantitative estimate of drug-likeness (QED) is 0.882. The number of piperidine rings is 1. The molecule has 0 aromatic carbocycles. The molecule has 1 saturated heterocycles. The lowest BCUT2D eigenvalue weighted by molar-refractivity contribution is -0.141. The minimum Gasteiger partial charge on any atom is -0.367 e. The molecule has 2 aliphatic rings. The van der Waals surface area contributed by atoms with Crippen molar-refractivity contribution < 1.29 is 13.2 Å². The number of rotatable bonds is 3. The lowest BCUT2D eigenvalue weighted by Crippen LogP contribution is -2.40. The molecule has 0 unspecified atom stereocenters. The summed E-state index contributed by atoms with van der Waals surface area (Å²) in [5, 5.41) is 13.2. The topological polar surface area (TPSA) is 49.8 Å². The zero-order chi connectivity index (χ0) is 13.5. The highest BCUT2D eigenvalue weighted by Gasteiger charge is 2.41. The van der Waals surface area contributed by atoms with Crippen molar-refractivity contribution in [2.75, 3.05) is 18.4 Å². The maximum Gasteiger partial charge on any atom is 0.435 e. The Morgan fingerprint density at radius 2 is 2.05 bits per heavy atom. The third kappa shape index (κ3) is 2.97. The number of nitrogens with one attached hydrogen (secondary N) is 2. The summed E-state index contributed by atoms with van der Waals surface area (Å²) in [5.74, 6) is 2.07. The smallest absolute Gasteiger partial charge is 0.367 e. The van der Waals surface area contributed by atoms with Crippen molar-refractivity contribution in [2.24, 2.45) is 11.8 Å². The van der Waals surface area contributed by atoms with Crippen LogP contribution in [0.5, 0.6) is 0 Å². The summed E-state index contributed by atoms with van der Waals surface area (Å²) in [4.78, 5) is 0. The third-order valence-corrected chi connectivity index (χ3v) is 3.81. The molecule has 19 heavy (non-hydrogen) atoms. The second kappa shape index (κ2) is 4.63. The Kier molecular flexibility index (Phi) is 3.08. The van der Waals surface area contributed by atoms with Gasteiger partial charge in [0.25, 0.3) is 0 Å². The van der Waals surface area contributed by atoms with Crippen LogP contribution in [0.2, 0.25) is 0 Å². The van der Waals surface area contributed by atoms with Gasteiger partial charge in [0.1, 0.15) is 5.82 Å². The van der Waals surface area contributed by atoms with E-state index >= 15 is 0 Å². The fourth-order valence-electron chi connectivity index (χ4n) is 2.58. The van der Waals surface area contributed by atoms with Crippen molar-refractivity contribution in [3.8, 4) is 0 Å². The summed E-state index contributed by atoms with van der Waals surface area (Å²) in [5.41, 5.74) is -0.963. The zero-order valence-corrected chi connectivity index (χ0v) is 10.2. The van der Waals surface area contributed by atoms with Crippen LogP contribution in [-0.4, -0.2) is 29.3 Å². The van der Waals surface area contributed by atoms with E-state index < -0.39 is 11.9 Å². The van der Waals surface area contributed by atoms with Crippen LogP contribution in [0.15, 0.2) is 12.1 Å². The summed E-state index contributed by atoms with van der Waals surface area (Å²) in [6.45, 7) is 1.72. The maximum atomic E-state index is 12.3. The average molecular weight is 272 g/mol. The molecule has 1 aromatic rings. The fraction of sp³-hybridized carbons (Fsp3) is 0.667. The highest BCUT2D eigenvalue weighted by atomic mass is 19.4. The van der Waals surface area contributed by atoms with Gasteiger partial charge >= 0.3 is 6.18 Å². The van der Waals surface area contributed by atoms with E-state index in [1.807, 2.05) is 0 Å². The maximum absolute atomic E-state index is 12.3. The van der Waals surface area contributed by atoms with Gasteiger partial charge < -0.3 is 10.6 Å². The van der Waals surface area contributed by atoms with Crippen molar-refractivity contribution in [1.29, 1.82) is 0 Å². The summed E-state index contributed by atoms with van der Waals surface area (Å²) in [6.07, 6.45) is -1.99. The van der Waals surface area contributed by atoms with Crippen molar-refractivity contribution in [3.05, 3.63) is 17.8 Å². The van der Waals surface area contributed by atoms with Crippen LogP contribution in [-0.2, 0) is 6.18 Å². The number of hydrogen-bond donors (Lipinski definition) is 2. The monoisotopic (exact) mass is 272 g/mol. The van der Waals surface area contributed by atoms with E-state index in [1.54, 1.807) is 0 Å². The van der Waals surface area contributed by atoms with Gasteiger partial charge in [-0.3, -0.25) is 0 Å². The van der Waals surface area contributed by atoms with Crippen molar-refractivity contribution in [3.63, 3.8) is 0 Å². The van der Waals surface area contributed by atoms with Crippen LogP contribution in [0.1, 0.15) is 18.5 Å². The lowest BCUT2D eigenvalue weighted by Gasteiger charge is -2.23. The first-order chi connectivity index (χ1) is 9.02.